The van der Waals surface area contributed by atoms with Crippen molar-refractivity contribution >= 4 is 23.6 Å². The Balaban J connectivity index is 1.52. The highest BCUT2D eigenvalue weighted by molar-refractivity contribution is 7.99. The summed E-state index contributed by atoms with van der Waals surface area (Å²) < 4.78 is 0. The molecule has 0 aromatic heterocycles. The average molecular weight is 285 g/mol. The fraction of sp³-hybridized carbons (Fsp3) is 0.846. The molecule has 1 saturated carbocycles. The van der Waals surface area contributed by atoms with Crippen molar-refractivity contribution in [3.63, 3.8) is 0 Å². The van der Waals surface area contributed by atoms with Gasteiger partial charge >= 0.3 is 0 Å². The minimum atomic E-state index is -0.0544. The van der Waals surface area contributed by atoms with Crippen LogP contribution < -0.4 is 10.6 Å². The van der Waals surface area contributed by atoms with Crippen molar-refractivity contribution in [1.82, 2.24) is 15.5 Å². The summed E-state index contributed by atoms with van der Waals surface area (Å²) in [4.78, 5) is 24.5. The van der Waals surface area contributed by atoms with E-state index in [9.17, 15) is 9.59 Å². The molecule has 1 aliphatic heterocycles. The lowest BCUT2D eigenvalue weighted by Crippen LogP contribution is -2.39. The predicted octanol–water partition coefficient (Wildman–Crippen LogP) is 0.558. The Hall–Kier alpha value is -0.750. The Kier molecular flexibility index (Phi) is 5.97. The van der Waals surface area contributed by atoms with Crippen molar-refractivity contribution in [2.24, 2.45) is 0 Å². The smallest absolute Gasteiger partial charge is 0.239 e. The Morgan fingerprint density at radius 3 is 2.84 bits per heavy atom. The van der Waals surface area contributed by atoms with Gasteiger partial charge in [0.2, 0.25) is 11.8 Å². The van der Waals surface area contributed by atoms with Crippen molar-refractivity contribution in [1.29, 1.82) is 0 Å². The molecule has 1 heterocycles. The van der Waals surface area contributed by atoms with Crippen LogP contribution in [0.1, 0.15) is 32.1 Å². The third-order valence-corrected chi connectivity index (χ3v) is 4.98. The lowest BCUT2D eigenvalue weighted by Gasteiger charge is -2.21. The first-order chi connectivity index (χ1) is 9.25. The molecule has 2 fully saturated rings. The second kappa shape index (κ2) is 7.75. The molecule has 5 nitrogen and oxygen atoms in total. The molecule has 2 aliphatic rings. The van der Waals surface area contributed by atoms with Gasteiger partial charge in [0, 0.05) is 17.5 Å². The number of hydrogen-bond donors (Lipinski definition) is 2. The van der Waals surface area contributed by atoms with Gasteiger partial charge in [0.1, 0.15) is 6.54 Å². The maximum Gasteiger partial charge on any atom is 0.239 e. The van der Waals surface area contributed by atoms with Crippen LogP contribution in [-0.2, 0) is 9.59 Å². The van der Waals surface area contributed by atoms with Crippen LogP contribution in [0.25, 0.3) is 0 Å². The second-order valence-corrected chi connectivity index (χ2v) is 6.57. The van der Waals surface area contributed by atoms with E-state index in [1.807, 2.05) is 11.8 Å². The van der Waals surface area contributed by atoms with Crippen molar-refractivity contribution in [2.75, 3.05) is 32.1 Å². The second-order valence-electron chi connectivity index (χ2n) is 5.16. The monoisotopic (exact) mass is 285 g/mol. The Morgan fingerprint density at radius 1 is 1.37 bits per heavy atom. The lowest BCUT2D eigenvalue weighted by molar-refractivity contribution is -0.132. The fourth-order valence-corrected chi connectivity index (χ4v) is 3.74. The van der Waals surface area contributed by atoms with E-state index in [0.29, 0.717) is 19.8 Å². The molecule has 0 radical (unpaired) electrons. The number of carbonyl (C=O) groups is 2. The molecular formula is C13H23N3O2S. The highest BCUT2D eigenvalue weighted by atomic mass is 32.2. The van der Waals surface area contributed by atoms with Gasteiger partial charge in [0.05, 0.1) is 13.2 Å². The van der Waals surface area contributed by atoms with Gasteiger partial charge in [-0.15, -0.1) is 0 Å². The molecule has 2 N–H and O–H groups in total. The summed E-state index contributed by atoms with van der Waals surface area (Å²) in [6, 6.07) is 0. The van der Waals surface area contributed by atoms with E-state index in [1.165, 1.54) is 32.1 Å². The molecule has 6 heteroatoms. The molecule has 19 heavy (non-hydrogen) atoms. The normalized spacial score (nSPS) is 20.8. The topological polar surface area (TPSA) is 61.4 Å². The van der Waals surface area contributed by atoms with E-state index < -0.39 is 0 Å². The average Bonchev–Trinajstić information content (AvgIpc) is 2.82. The van der Waals surface area contributed by atoms with E-state index in [-0.39, 0.29) is 18.4 Å². The van der Waals surface area contributed by atoms with Gasteiger partial charge in [-0.1, -0.05) is 19.3 Å². The third-order valence-electron chi connectivity index (χ3n) is 3.60. The first-order valence-electron chi connectivity index (χ1n) is 7.12. The minimum absolute atomic E-state index is 0.00623. The zero-order chi connectivity index (χ0) is 13.5. The Labute approximate surface area is 118 Å². The van der Waals surface area contributed by atoms with Crippen molar-refractivity contribution in [2.45, 2.75) is 37.4 Å². The molecule has 1 saturated heterocycles. The van der Waals surface area contributed by atoms with Crippen LogP contribution in [0.15, 0.2) is 0 Å². The number of nitrogens with one attached hydrogen (secondary N) is 2. The first-order valence-corrected chi connectivity index (χ1v) is 8.17. The van der Waals surface area contributed by atoms with E-state index in [1.54, 1.807) is 4.90 Å². The molecule has 0 aromatic rings. The molecular weight excluding hydrogens is 262 g/mol. The van der Waals surface area contributed by atoms with Gasteiger partial charge in [-0.3, -0.25) is 14.9 Å². The molecule has 2 rings (SSSR count). The summed E-state index contributed by atoms with van der Waals surface area (Å²) in [6.45, 7) is 1.73. The number of hydrogen-bond acceptors (Lipinski definition) is 4. The summed E-state index contributed by atoms with van der Waals surface area (Å²) in [7, 11) is 0. The summed E-state index contributed by atoms with van der Waals surface area (Å²) in [5.74, 6) is 0.927. The summed E-state index contributed by atoms with van der Waals surface area (Å²) in [5.41, 5.74) is 0. The van der Waals surface area contributed by atoms with Crippen molar-refractivity contribution in [3.8, 4) is 0 Å². The van der Waals surface area contributed by atoms with Crippen LogP contribution in [0.5, 0.6) is 0 Å². The van der Waals surface area contributed by atoms with Gasteiger partial charge < -0.3 is 10.2 Å². The van der Waals surface area contributed by atoms with E-state index >= 15 is 0 Å². The maximum absolute atomic E-state index is 11.7. The molecule has 108 valence electrons. The van der Waals surface area contributed by atoms with Gasteiger partial charge in [-0.25, -0.2) is 0 Å². The van der Waals surface area contributed by atoms with Crippen LogP contribution in [-0.4, -0.2) is 54.0 Å². The van der Waals surface area contributed by atoms with E-state index in [0.717, 1.165) is 11.0 Å². The molecule has 0 aromatic carbocycles. The molecule has 0 spiro atoms. The molecule has 1 aliphatic carbocycles. The third kappa shape index (κ3) is 5.03. The molecule has 0 bridgehead atoms. The van der Waals surface area contributed by atoms with Crippen LogP contribution >= 0.6 is 11.8 Å². The van der Waals surface area contributed by atoms with Crippen molar-refractivity contribution < 1.29 is 9.59 Å². The van der Waals surface area contributed by atoms with Gasteiger partial charge in [-0.05, 0) is 12.8 Å². The van der Waals surface area contributed by atoms with Crippen LogP contribution in [0.2, 0.25) is 0 Å². The van der Waals surface area contributed by atoms with E-state index in [4.69, 9.17) is 0 Å². The predicted molar refractivity (Wildman–Crippen MR) is 76.9 cm³/mol. The summed E-state index contributed by atoms with van der Waals surface area (Å²) >= 11 is 1.98. The minimum Gasteiger partial charge on any atom is -0.354 e. The highest BCUT2D eigenvalue weighted by Gasteiger charge is 2.21. The number of amides is 2. The van der Waals surface area contributed by atoms with Crippen LogP contribution in [0, 0.1) is 0 Å². The molecule has 0 atom stereocenters. The molecule has 2 amide bonds. The lowest BCUT2D eigenvalue weighted by atomic mass is 10.0. The largest absolute Gasteiger partial charge is 0.354 e. The van der Waals surface area contributed by atoms with Crippen molar-refractivity contribution in [3.05, 3.63) is 0 Å². The van der Waals surface area contributed by atoms with Gasteiger partial charge in [-0.2, -0.15) is 11.8 Å². The zero-order valence-corrected chi connectivity index (χ0v) is 12.1. The number of carbonyl (C=O) groups excluding carboxylic acids is 2. The van der Waals surface area contributed by atoms with Crippen LogP contribution in [0.3, 0.4) is 0 Å². The number of thioether (sulfide) groups is 1. The van der Waals surface area contributed by atoms with Gasteiger partial charge in [0.15, 0.2) is 0 Å². The zero-order valence-electron chi connectivity index (χ0n) is 11.3. The van der Waals surface area contributed by atoms with E-state index in [2.05, 4.69) is 10.6 Å². The van der Waals surface area contributed by atoms with Crippen LogP contribution in [0.4, 0.5) is 0 Å². The Morgan fingerprint density at radius 2 is 2.16 bits per heavy atom. The number of rotatable bonds is 6. The molecule has 0 unspecified atom stereocenters. The highest BCUT2D eigenvalue weighted by Crippen LogP contribution is 2.27. The first kappa shape index (κ1) is 14.7. The summed E-state index contributed by atoms with van der Waals surface area (Å²) in [5, 5.41) is 6.61. The maximum atomic E-state index is 11.7. The Bertz CT molecular complexity index is 319. The SMILES string of the molecule is O=C(CN1CNCC1=O)NCCSC1CCCCC1. The van der Waals surface area contributed by atoms with Gasteiger partial charge in [0.25, 0.3) is 0 Å². The standard InChI is InChI=1S/C13H23N3O2S/c17-12(9-16-10-14-8-13(16)18)15-6-7-19-11-4-2-1-3-5-11/h11,14H,1-10H2,(H,15,17). The fourth-order valence-electron chi connectivity index (χ4n) is 2.52. The number of nitrogens with zero attached hydrogens (tertiary/aromatic N) is 1. The summed E-state index contributed by atoms with van der Waals surface area (Å²) in [6.07, 6.45) is 6.74. The quantitative estimate of drug-likeness (QED) is 0.700.